The molecule has 1 saturated carbocycles. The van der Waals surface area contributed by atoms with Crippen LogP contribution < -0.4 is 5.32 Å². The van der Waals surface area contributed by atoms with Gasteiger partial charge < -0.3 is 5.32 Å². The Balaban J connectivity index is 2.08. The number of aromatic nitrogens is 2. The molecule has 19 heavy (non-hydrogen) atoms. The Hall–Kier alpha value is -0.830. The molecule has 1 aromatic heterocycles. The van der Waals surface area contributed by atoms with Crippen LogP contribution in [0.3, 0.4) is 0 Å². The standard InChI is InChI=1S/C16H29N3/c1-5-14-7-9-15(10-8-14)19-13(4)16(11-17-6-2)12(3)18-19/h14-15,17H,5-11H2,1-4H3. The number of nitrogens with zero attached hydrogens (tertiary/aromatic N) is 2. The molecular formula is C16H29N3. The molecule has 0 bridgehead atoms. The SMILES string of the molecule is CCNCc1c(C)nn(C2CCC(CC)CC2)c1C. The highest BCUT2D eigenvalue weighted by Crippen LogP contribution is 2.34. The van der Waals surface area contributed by atoms with E-state index in [4.69, 9.17) is 5.10 Å². The van der Waals surface area contributed by atoms with Crippen LogP contribution in [0, 0.1) is 19.8 Å². The fourth-order valence-electron chi connectivity index (χ4n) is 3.36. The highest BCUT2D eigenvalue weighted by molar-refractivity contribution is 5.24. The van der Waals surface area contributed by atoms with Crippen molar-refractivity contribution in [3.63, 3.8) is 0 Å². The predicted molar refractivity (Wildman–Crippen MR) is 80.4 cm³/mol. The van der Waals surface area contributed by atoms with Crippen molar-refractivity contribution in [1.82, 2.24) is 15.1 Å². The van der Waals surface area contributed by atoms with Gasteiger partial charge >= 0.3 is 0 Å². The minimum absolute atomic E-state index is 0.636. The zero-order valence-corrected chi connectivity index (χ0v) is 13.0. The van der Waals surface area contributed by atoms with Gasteiger partial charge in [-0.1, -0.05) is 20.3 Å². The van der Waals surface area contributed by atoms with E-state index in [-0.39, 0.29) is 0 Å². The summed E-state index contributed by atoms with van der Waals surface area (Å²) in [4.78, 5) is 0. The molecule has 0 saturated heterocycles. The lowest BCUT2D eigenvalue weighted by atomic mass is 9.84. The van der Waals surface area contributed by atoms with Crippen LogP contribution in [0.25, 0.3) is 0 Å². The van der Waals surface area contributed by atoms with Crippen molar-refractivity contribution in [2.75, 3.05) is 6.54 Å². The van der Waals surface area contributed by atoms with Gasteiger partial charge in [-0.15, -0.1) is 0 Å². The molecule has 0 aromatic carbocycles. The first-order chi connectivity index (χ1) is 9.17. The normalized spacial score (nSPS) is 23.8. The second-order valence-corrected chi connectivity index (χ2v) is 5.96. The van der Waals surface area contributed by atoms with Crippen molar-refractivity contribution in [3.05, 3.63) is 17.0 Å². The lowest BCUT2D eigenvalue weighted by Crippen LogP contribution is -2.20. The molecule has 0 unspecified atom stereocenters. The van der Waals surface area contributed by atoms with Gasteiger partial charge in [0.05, 0.1) is 11.7 Å². The summed E-state index contributed by atoms with van der Waals surface area (Å²) in [6, 6.07) is 0.636. The zero-order valence-electron chi connectivity index (χ0n) is 13.0. The van der Waals surface area contributed by atoms with Gasteiger partial charge in [-0.2, -0.15) is 5.10 Å². The number of hydrogen-bond donors (Lipinski definition) is 1. The molecule has 2 rings (SSSR count). The van der Waals surface area contributed by atoms with Crippen molar-refractivity contribution in [1.29, 1.82) is 0 Å². The summed E-state index contributed by atoms with van der Waals surface area (Å²) >= 11 is 0. The number of rotatable bonds is 5. The smallest absolute Gasteiger partial charge is 0.0641 e. The fraction of sp³-hybridized carbons (Fsp3) is 0.812. The summed E-state index contributed by atoms with van der Waals surface area (Å²) in [6.07, 6.45) is 6.71. The molecule has 1 fully saturated rings. The third kappa shape index (κ3) is 3.19. The molecule has 0 aliphatic heterocycles. The minimum Gasteiger partial charge on any atom is -0.313 e. The number of nitrogens with one attached hydrogen (secondary N) is 1. The summed E-state index contributed by atoms with van der Waals surface area (Å²) < 4.78 is 2.31. The molecular weight excluding hydrogens is 234 g/mol. The van der Waals surface area contributed by atoms with Gasteiger partial charge in [-0.05, 0) is 52.0 Å². The maximum absolute atomic E-state index is 4.81. The maximum atomic E-state index is 4.81. The first kappa shape index (κ1) is 14.6. The second kappa shape index (κ2) is 6.56. The van der Waals surface area contributed by atoms with E-state index in [9.17, 15) is 0 Å². The van der Waals surface area contributed by atoms with E-state index < -0.39 is 0 Å². The average molecular weight is 263 g/mol. The molecule has 0 atom stereocenters. The summed E-state index contributed by atoms with van der Waals surface area (Å²) in [7, 11) is 0. The number of aryl methyl sites for hydroxylation is 1. The van der Waals surface area contributed by atoms with E-state index >= 15 is 0 Å². The van der Waals surface area contributed by atoms with E-state index in [0.29, 0.717) is 6.04 Å². The highest BCUT2D eigenvalue weighted by atomic mass is 15.3. The van der Waals surface area contributed by atoms with Gasteiger partial charge in [0.25, 0.3) is 0 Å². The van der Waals surface area contributed by atoms with Crippen LogP contribution in [0.5, 0.6) is 0 Å². The molecule has 1 N–H and O–H groups in total. The molecule has 0 radical (unpaired) electrons. The molecule has 3 heteroatoms. The monoisotopic (exact) mass is 263 g/mol. The third-order valence-electron chi connectivity index (χ3n) is 4.77. The van der Waals surface area contributed by atoms with Crippen LogP contribution >= 0.6 is 0 Å². The van der Waals surface area contributed by atoms with E-state index in [2.05, 4.69) is 37.7 Å². The highest BCUT2D eigenvalue weighted by Gasteiger charge is 2.24. The van der Waals surface area contributed by atoms with Crippen molar-refractivity contribution >= 4 is 0 Å². The van der Waals surface area contributed by atoms with Crippen molar-refractivity contribution in [3.8, 4) is 0 Å². The van der Waals surface area contributed by atoms with Crippen LogP contribution in [0.2, 0.25) is 0 Å². The molecule has 108 valence electrons. The Morgan fingerprint density at radius 2 is 1.84 bits per heavy atom. The molecule has 1 aromatic rings. The predicted octanol–water partition coefficient (Wildman–Crippen LogP) is 3.75. The summed E-state index contributed by atoms with van der Waals surface area (Å²) in [5, 5.41) is 8.24. The Kier molecular flexibility index (Phi) is 5.03. The first-order valence-electron chi connectivity index (χ1n) is 7.92. The first-order valence-corrected chi connectivity index (χ1v) is 7.92. The van der Waals surface area contributed by atoms with Gasteiger partial charge in [-0.3, -0.25) is 4.68 Å². The lowest BCUT2D eigenvalue weighted by Gasteiger charge is -2.28. The van der Waals surface area contributed by atoms with E-state index in [1.165, 1.54) is 49.1 Å². The van der Waals surface area contributed by atoms with Crippen molar-refractivity contribution in [2.24, 2.45) is 5.92 Å². The third-order valence-corrected chi connectivity index (χ3v) is 4.77. The van der Waals surface area contributed by atoms with Crippen LogP contribution in [0.4, 0.5) is 0 Å². The Labute approximate surface area is 117 Å². The van der Waals surface area contributed by atoms with Crippen molar-refractivity contribution in [2.45, 2.75) is 72.4 Å². The largest absolute Gasteiger partial charge is 0.313 e. The van der Waals surface area contributed by atoms with Crippen LogP contribution in [-0.4, -0.2) is 16.3 Å². The fourth-order valence-corrected chi connectivity index (χ4v) is 3.36. The van der Waals surface area contributed by atoms with E-state index in [0.717, 1.165) is 19.0 Å². The van der Waals surface area contributed by atoms with Crippen LogP contribution in [-0.2, 0) is 6.54 Å². The molecule has 0 amide bonds. The Morgan fingerprint density at radius 3 is 2.42 bits per heavy atom. The quantitative estimate of drug-likeness (QED) is 0.877. The molecule has 3 nitrogen and oxygen atoms in total. The second-order valence-electron chi connectivity index (χ2n) is 5.96. The van der Waals surface area contributed by atoms with Crippen molar-refractivity contribution < 1.29 is 0 Å². The van der Waals surface area contributed by atoms with E-state index in [1.807, 2.05) is 0 Å². The van der Waals surface area contributed by atoms with Crippen LogP contribution in [0.15, 0.2) is 0 Å². The molecule has 1 heterocycles. The summed E-state index contributed by atoms with van der Waals surface area (Å²) in [5.41, 5.74) is 3.98. The van der Waals surface area contributed by atoms with Gasteiger partial charge in [0.1, 0.15) is 0 Å². The van der Waals surface area contributed by atoms with E-state index in [1.54, 1.807) is 0 Å². The lowest BCUT2D eigenvalue weighted by molar-refractivity contribution is 0.253. The van der Waals surface area contributed by atoms with Crippen LogP contribution in [0.1, 0.15) is 68.9 Å². The Bertz CT molecular complexity index is 400. The molecule has 1 aliphatic carbocycles. The molecule has 1 aliphatic rings. The number of hydrogen-bond acceptors (Lipinski definition) is 2. The summed E-state index contributed by atoms with van der Waals surface area (Å²) in [5.74, 6) is 0.953. The van der Waals surface area contributed by atoms with Gasteiger partial charge in [0.2, 0.25) is 0 Å². The summed E-state index contributed by atoms with van der Waals surface area (Å²) in [6.45, 7) is 10.8. The minimum atomic E-state index is 0.636. The van der Waals surface area contributed by atoms with Gasteiger partial charge in [0.15, 0.2) is 0 Å². The molecule has 0 spiro atoms. The topological polar surface area (TPSA) is 29.9 Å². The zero-order chi connectivity index (χ0) is 13.8. The van der Waals surface area contributed by atoms with Gasteiger partial charge in [-0.25, -0.2) is 0 Å². The maximum Gasteiger partial charge on any atom is 0.0641 e. The van der Waals surface area contributed by atoms with Gasteiger partial charge in [0, 0.05) is 17.8 Å². The average Bonchev–Trinajstić information content (AvgIpc) is 2.72. The Morgan fingerprint density at radius 1 is 1.16 bits per heavy atom.